The van der Waals surface area contributed by atoms with Crippen LogP contribution in [0, 0.1) is 0 Å². The summed E-state index contributed by atoms with van der Waals surface area (Å²) in [5, 5.41) is 7.22. The third-order valence-corrected chi connectivity index (χ3v) is 15.0. The van der Waals surface area contributed by atoms with Crippen LogP contribution in [0.25, 0.3) is 93.6 Å². The summed E-state index contributed by atoms with van der Waals surface area (Å²) >= 11 is 0. The molecule has 2 aromatic heterocycles. The van der Waals surface area contributed by atoms with Crippen molar-refractivity contribution in [2.24, 2.45) is 0 Å². The number of fused-ring (bicyclic) bond motifs is 18. The fourth-order valence-electron chi connectivity index (χ4n) is 12.1. The predicted octanol–water partition coefficient (Wildman–Crippen LogP) is 17.3. The molecule has 11 aromatic carbocycles. The molecule has 13 aromatic rings. The Bertz CT molecular complexity index is 4150. The van der Waals surface area contributed by atoms with Crippen molar-refractivity contribution < 1.29 is 4.42 Å². The minimum Gasteiger partial charge on any atom is -0.456 e. The first kappa shape index (κ1) is 37.3. The zero-order chi connectivity index (χ0) is 44.5. The van der Waals surface area contributed by atoms with E-state index in [0.29, 0.717) is 0 Å². The Hall–Kier alpha value is -8.92. The van der Waals surface area contributed by atoms with E-state index in [1.807, 2.05) is 6.07 Å². The number of benzene rings is 11. The average Bonchev–Trinajstić information content (AvgIpc) is 4.13. The topological polar surface area (TPSA) is 21.3 Å². The number of hydrogen-bond acceptors (Lipinski definition) is 2. The molecule has 316 valence electrons. The molecule has 0 atom stereocenters. The van der Waals surface area contributed by atoms with Crippen molar-refractivity contribution in [1.82, 2.24) is 4.57 Å². The van der Waals surface area contributed by atoms with Crippen LogP contribution < -0.4 is 4.90 Å². The summed E-state index contributed by atoms with van der Waals surface area (Å²) in [5.41, 5.74) is 20.8. The highest BCUT2D eigenvalue weighted by atomic mass is 16.3. The highest BCUT2D eigenvalue weighted by Gasteiger charge is 2.51. The summed E-state index contributed by atoms with van der Waals surface area (Å²) in [6.45, 7) is 0. The van der Waals surface area contributed by atoms with Crippen molar-refractivity contribution in [2.45, 2.75) is 5.41 Å². The van der Waals surface area contributed by atoms with Crippen molar-refractivity contribution in [2.75, 3.05) is 4.90 Å². The summed E-state index contributed by atoms with van der Waals surface area (Å²) in [6, 6.07) is 89.3. The first-order valence-electron chi connectivity index (χ1n) is 23.5. The van der Waals surface area contributed by atoms with Gasteiger partial charge in [0, 0.05) is 55.7 Å². The fraction of sp³-hybridized carbons (Fsp3) is 0.0154. The van der Waals surface area contributed by atoms with Crippen LogP contribution in [0.2, 0.25) is 0 Å². The Balaban J connectivity index is 0.920. The van der Waals surface area contributed by atoms with Crippen LogP contribution in [0.4, 0.5) is 17.1 Å². The molecule has 0 saturated carbocycles. The number of rotatable bonds is 5. The molecule has 2 aliphatic rings. The molecule has 0 radical (unpaired) electrons. The molecular formula is C65H40N2O. The molecule has 0 fully saturated rings. The van der Waals surface area contributed by atoms with E-state index in [1.54, 1.807) is 0 Å². The molecule has 2 aliphatic carbocycles. The normalized spacial score (nSPS) is 13.1. The van der Waals surface area contributed by atoms with Gasteiger partial charge in [0.25, 0.3) is 0 Å². The van der Waals surface area contributed by atoms with Crippen molar-refractivity contribution in [3.63, 3.8) is 0 Å². The SMILES string of the molecule is c1ccc(-n2c3cc(-c4ccc(N(c5ccc6c(c5)C5(c7ccccc7-c7ccccc75)c5ccccc5-6)c5ccc6c(c5)oc5ccccc56)cc4)ccc3c3ccc4ccccc4c32)cc1. The first-order valence-corrected chi connectivity index (χ1v) is 23.5. The minimum atomic E-state index is -0.458. The van der Waals surface area contributed by atoms with Crippen LogP contribution >= 0.6 is 0 Å². The smallest absolute Gasteiger partial charge is 0.137 e. The Labute approximate surface area is 393 Å². The molecule has 3 nitrogen and oxygen atoms in total. The van der Waals surface area contributed by atoms with Crippen molar-refractivity contribution in [1.29, 1.82) is 0 Å². The molecule has 3 heteroatoms. The second kappa shape index (κ2) is 14.0. The van der Waals surface area contributed by atoms with Gasteiger partial charge in [-0.3, -0.25) is 0 Å². The summed E-state index contributed by atoms with van der Waals surface area (Å²) in [5.74, 6) is 0. The predicted molar refractivity (Wildman–Crippen MR) is 282 cm³/mol. The van der Waals surface area contributed by atoms with Gasteiger partial charge in [-0.25, -0.2) is 0 Å². The Morgan fingerprint density at radius 3 is 1.63 bits per heavy atom. The lowest BCUT2D eigenvalue weighted by atomic mass is 9.70. The molecule has 15 rings (SSSR count). The van der Waals surface area contributed by atoms with Crippen LogP contribution in [0.5, 0.6) is 0 Å². The number of hydrogen-bond donors (Lipinski definition) is 0. The average molecular weight is 865 g/mol. The number of anilines is 3. The number of nitrogens with zero attached hydrogens (tertiary/aromatic N) is 2. The summed E-state index contributed by atoms with van der Waals surface area (Å²) in [6.07, 6.45) is 0. The van der Waals surface area contributed by atoms with E-state index in [9.17, 15) is 0 Å². The lowest BCUT2D eigenvalue weighted by molar-refractivity contribution is 0.669. The minimum absolute atomic E-state index is 0.458. The van der Waals surface area contributed by atoms with E-state index >= 15 is 0 Å². The molecular weight excluding hydrogens is 825 g/mol. The third kappa shape index (κ3) is 5.07. The quantitative estimate of drug-likeness (QED) is 0.172. The Morgan fingerprint density at radius 2 is 0.882 bits per heavy atom. The zero-order valence-corrected chi connectivity index (χ0v) is 36.9. The van der Waals surface area contributed by atoms with Crippen LogP contribution in [0.15, 0.2) is 247 Å². The maximum absolute atomic E-state index is 6.56. The van der Waals surface area contributed by atoms with E-state index < -0.39 is 5.41 Å². The molecule has 0 amide bonds. The van der Waals surface area contributed by atoms with Gasteiger partial charge in [0.05, 0.1) is 16.4 Å². The van der Waals surface area contributed by atoms with Crippen molar-refractivity contribution in [3.05, 3.63) is 265 Å². The fourth-order valence-corrected chi connectivity index (χ4v) is 12.1. The van der Waals surface area contributed by atoms with Crippen molar-refractivity contribution in [3.8, 4) is 39.1 Å². The van der Waals surface area contributed by atoms with Gasteiger partial charge in [0.1, 0.15) is 11.2 Å². The highest BCUT2D eigenvalue weighted by Crippen LogP contribution is 2.63. The third-order valence-electron chi connectivity index (χ3n) is 15.0. The molecule has 0 saturated heterocycles. The maximum atomic E-state index is 6.56. The second-order valence-corrected chi connectivity index (χ2v) is 18.4. The lowest BCUT2D eigenvalue weighted by Gasteiger charge is -2.32. The largest absolute Gasteiger partial charge is 0.456 e. The number of aromatic nitrogens is 1. The second-order valence-electron chi connectivity index (χ2n) is 18.4. The monoisotopic (exact) mass is 864 g/mol. The molecule has 1 spiro atoms. The van der Waals surface area contributed by atoms with Gasteiger partial charge in [-0.2, -0.15) is 0 Å². The van der Waals surface area contributed by atoms with Gasteiger partial charge in [-0.1, -0.05) is 176 Å². The summed E-state index contributed by atoms with van der Waals surface area (Å²) < 4.78 is 9.00. The van der Waals surface area contributed by atoms with E-state index in [1.165, 1.54) is 82.6 Å². The Morgan fingerprint density at radius 1 is 0.338 bits per heavy atom. The van der Waals surface area contributed by atoms with Gasteiger partial charge in [0.2, 0.25) is 0 Å². The summed E-state index contributed by atoms with van der Waals surface area (Å²) in [4.78, 5) is 2.40. The highest BCUT2D eigenvalue weighted by molar-refractivity contribution is 6.19. The van der Waals surface area contributed by atoms with Gasteiger partial charge >= 0.3 is 0 Å². The molecule has 0 bridgehead atoms. The van der Waals surface area contributed by atoms with Gasteiger partial charge in [-0.05, 0) is 122 Å². The lowest BCUT2D eigenvalue weighted by Crippen LogP contribution is -2.26. The van der Waals surface area contributed by atoms with Gasteiger partial charge < -0.3 is 13.9 Å². The molecule has 0 N–H and O–H groups in total. The van der Waals surface area contributed by atoms with Gasteiger partial charge in [-0.15, -0.1) is 0 Å². The van der Waals surface area contributed by atoms with E-state index in [-0.39, 0.29) is 0 Å². The van der Waals surface area contributed by atoms with E-state index in [2.05, 4.69) is 246 Å². The molecule has 0 aliphatic heterocycles. The van der Waals surface area contributed by atoms with Gasteiger partial charge in [0.15, 0.2) is 0 Å². The summed E-state index contributed by atoms with van der Waals surface area (Å²) in [7, 11) is 0. The molecule has 68 heavy (non-hydrogen) atoms. The van der Waals surface area contributed by atoms with E-state index in [4.69, 9.17) is 4.42 Å². The number of para-hydroxylation sites is 2. The van der Waals surface area contributed by atoms with Crippen LogP contribution in [0.1, 0.15) is 22.3 Å². The maximum Gasteiger partial charge on any atom is 0.137 e. The van der Waals surface area contributed by atoms with Crippen molar-refractivity contribution >= 4 is 71.6 Å². The molecule has 0 unspecified atom stereocenters. The van der Waals surface area contributed by atoms with Crippen LogP contribution in [0.3, 0.4) is 0 Å². The standard InChI is InChI=1S/C65H40N2O/c1-2-15-44(16-3-1)67-61-38-43(29-34-53(61)56-35-28-42-14-4-5-17-48(42)64(56)67)41-26-30-45(31-27-41)66(47-33-37-55-54-21-9-13-25-62(54)68-63(55)40-47)46-32-36-52-51-20-8-12-24-59(51)65(60(52)39-46)57-22-10-6-18-49(57)50-19-7-11-23-58(50)65/h1-40H. The number of furan rings is 1. The first-order chi connectivity index (χ1) is 33.7. The van der Waals surface area contributed by atoms with E-state index in [0.717, 1.165) is 50.3 Å². The van der Waals surface area contributed by atoms with Crippen LogP contribution in [-0.4, -0.2) is 4.57 Å². The molecule has 2 heterocycles. The Kier molecular flexibility index (Phi) is 7.71. The zero-order valence-electron chi connectivity index (χ0n) is 36.9. The van der Waals surface area contributed by atoms with Crippen LogP contribution in [-0.2, 0) is 5.41 Å².